The topological polar surface area (TPSA) is 85.9 Å². The summed E-state index contributed by atoms with van der Waals surface area (Å²) in [5.74, 6) is 0. The maximum absolute atomic E-state index is 9.65. The van der Waals surface area contributed by atoms with Gasteiger partial charge >= 0.3 is 0 Å². The monoisotopic (exact) mass is 463 g/mol. The van der Waals surface area contributed by atoms with Crippen LogP contribution in [-0.4, -0.2) is 52.3 Å². The molecular weight excluding hydrogens is 441 g/mol. The summed E-state index contributed by atoms with van der Waals surface area (Å²) >= 11 is 1.44. The number of aromatic nitrogens is 4. The molecule has 0 atom stereocenters. The Hall–Kier alpha value is -3.53. The van der Waals surface area contributed by atoms with E-state index in [1.54, 1.807) is 22.8 Å². The van der Waals surface area contributed by atoms with Gasteiger partial charge in [0.05, 0.1) is 35.1 Å². The number of rotatable bonds is 4. The fourth-order valence-corrected chi connectivity index (χ4v) is 5.62. The third kappa shape index (κ3) is 3.98. The number of pyridine rings is 1. The van der Waals surface area contributed by atoms with Gasteiger partial charge in [0, 0.05) is 32.8 Å². The molecule has 0 amide bonds. The minimum absolute atomic E-state index is 0.394. The number of likely N-dealkylation sites (tertiary alicyclic amines) is 1. The molecule has 7 nitrogen and oxygen atoms in total. The van der Waals surface area contributed by atoms with E-state index in [0.29, 0.717) is 22.6 Å². The van der Waals surface area contributed by atoms with Crippen molar-refractivity contribution in [2.45, 2.75) is 35.6 Å². The van der Waals surface area contributed by atoms with E-state index in [9.17, 15) is 10.5 Å². The average molecular weight is 463 g/mol. The number of nitrogens with zero attached hydrogens (tertiary/aromatic N) is 7. The number of nitriles is 2. The van der Waals surface area contributed by atoms with Crippen LogP contribution in [0, 0.1) is 29.6 Å². The molecule has 1 aliphatic heterocycles. The lowest BCUT2D eigenvalue weighted by atomic mass is 9.95. The van der Waals surface area contributed by atoms with Gasteiger partial charge in [-0.25, -0.2) is 4.52 Å². The van der Waals surface area contributed by atoms with E-state index in [-0.39, 0.29) is 0 Å². The molecular formula is C25H22BN7S. The first-order valence-corrected chi connectivity index (χ1v) is 11.9. The van der Waals surface area contributed by atoms with E-state index in [1.807, 2.05) is 18.5 Å². The van der Waals surface area contributed by atoms with Crippen LogP contribution in [0.3, 0.4) is 0 Å². The van der Waals surface area contributed by atoms with Crippen molar-refractivity contribution in [2.75, 3.05) is 20.1 Å². The maximum atomic E-state index is 9.65. The minimum Gasteiger partial charge on any atom is -0.306 e. The molecule has 0 bridgehead atoms. The molecule has 1 aromatic carbocycles. The van der Waals surface area contributed by atoms with E-state index < -0.39 is 0 Å². The van der Waals surface area contributed by atoms with Crippen LogP contribution in [0.4, 0.5) is 0 Å². The number of benzene rings is 1. The Morgan fingerprint density at radius 1 is 1.03 bits per heavy atom. The van der Waals surface area contributed by atoms with Crippen LogP contribution < -0.4 is 5.46 Å². The molecule has 1 fully saturated rings. The third-order valence-electron chi connectivity index (χ3n) is 6.43. The average Bonchev–Trinajstić information content (AvgIpc) is 3.44. The first kappa shape index (κ1) is 22.3. The summed E-state index contributed by atoms with van der Waals surface area (Å²) in [5, 5.41) is 28.4. The normalized spacial score (nSPS) is 14.8. The Balaban J connectivity index is 1.60. The van der Waals surface area contributed by atoms with E-state index in [4.69, 9.17) is 12.9 Å². The molecule has 1 saturated heterocycles. The van der Waals surface area contributed by atoms with Crippen molar-refractivity contribution in [1.82, 2.24) is 24.3 Å². The van der Waals surface area contributed by atoms with Gasteiger partial charge < -0.3 is 4.90 Å². The molecule has 1 aliphatic rings. The van der Waals surface area contributed by atoms with Gasteiger partial charge in [-0.3, -0.25) is 4.68 Å². The Kier molecular flexibility index (Phi) is 5.91. The first-order chi connectivity index (χ1) is 16.5. The molecule has 4 heterocycles. The zero-order valence-electron chi connectivity index (χ0n) is 19.1. The van der Waals surface area contributed by atoms with Gasteiger partial charge in [0.1, 0.15) is 20.0 Å². The summed E-state index contributed by atoms with van der Waals surface area (Å²) in [5.41, 5.74) is 5.36. The van der Waals surface area contributed by atoms with Crippen LogP contribution >= 0.6 is 11.8 Å². The second kappa shape index (κ2) is 9.02. The lowest BCUT2D eigenvalue weighted by Crippen LogP contribution is -2.32. The van der Waals surface area contributed by atoms with Crippen molar-refractivity contribution >= 4 is 30.6 Å². The van der Waals surface area contributed by atoms with Crippen LogP contribution in [0.25, 0.3) is 16.6 Å². The van der Waals surface area contributed by atoms with E-state index >= 15 is 0 Å². The highest BCUT2D eigenvalue weighted by Crippen LogP contribution is 2.38. The molecule has 166 valence electrons. The second-order valence-electron chi connectivity index (χ2n) is 8.65. The molecule has 3 aromatic heterocycles. The zero-order valence-corrected chi connectivity index (χ0v) is 19.9. The summed E-state index contributed by atoms with van der Waals surface area (Å²) in [7, 11) is 8.03. The molecule has 34 heavy (non-hydrogen) atoms. The van der Waals surface area contributed by atoms with E-state index in [0.717, 1.165) is 58.1 Å². The van der Waals surface area contributed by atoms with Crippen molar-refractivity contribution in [3.05, 3.63) is 59.7 Å². The van der Waals surface area contributed by atoms with Crippen LogP contribution in [0.2, 0.25) is 0 Å². The van der Waals surface area contributed by atoms with Crippen LogP contribution in [-0.2, 0) is 0 Å². The number of hydrogen-bond acceptors (Lipinski definition) is 6. The Morgan fingerprint density at radius 3 is 2.53 bits per heavy atom. The van der Waals surface area contributed by atoms with Gasteiger partial charge in [-0.05, 0) is 52.0 Å². The van der Waals surface area contributed by atoms with Crippen molar-refractivity contribution in [2.24, 2.45) is 0 Å². The Bertz CT molecular complexity index is 1470. The van der Waals surface area contributed by atoms with Crippen LogP contribution in [0.1, 0.15) is 35.7 Å². The fourth-order valence-electron chi connectivity index (χ4n) is 4.55. The largest absolute Gasteiger partial charge is 0.306 e. The molecule has 0 aliphatic carbocycles. The Labute approximate surface area is 204 Å². The maximum Gasteiger partial charge on any atom is 0.113 e. The van der Waals surface area contributed by atoms with E-state index in [1.165, 1.54) is 11.8 Å². The molecule has 0 N–H and O–H groups in total. The summed E-state index contributed by atoms with van der Waals surface area (Å²) in [6, 6.07) is 12.2. The molecule has 0 spiro atoms. The van der Waals surface area contributed by atoms with Gasteiger partial charge in [-0.2, -0.15) is 20.7 Å². The van der Waals surface area contributed by atoms with Crippen molar-refractivity contribution in [3.8, 4) is 23.3 Å². The highest BCUT2D eigenvalue weighted by molar-refractivity contribution is 7.99. The quantitative estimate of drug-likeness (QED) is 0.431. The predicted octanol–water partition coefficient (Wildman–Crippen LogP) is 3.46. The molecule has 9 heteroatoms. The lowest BCUT2D eigenvalue weighted by Gasteiger charge is -2.29. The fraction of sp³-hybridized carbons (Fsp3) is 0.280. The summed E-state index contributed by atoms with van der Waals surface area (Å²) in [6.45, 7) is 4.24. The van der Waals surface area contributed by atoms with Gasteiger partial charge in [-0.1, -0.05) is 29.4 Å². The summed E-state index contributed by atoms with van der Waals surface area (Å²) in [4.78, 5) is 3.98. The number of piperidine rings is 1. The zero-order chi connectivity index (χ0) is 23.8. The first-order valence-electron chi connectivity index (χ1n) is 11.1. The van der Waals surface area contributed by atoms with Gasteiger partial charge in [-0.15, -0.1) is 0 Å². The smallest absolute Gasteiger partial charge is 0.113 e. The van der Waals surface area contributed by atoms with Crippen molar-refractivity contribution in [1.29, 1.82) is 10.5 Å². The standard InChI is InChI=1S/C25H22BN7S/c1-16-22(14-30-33(16)21-5-7-31(2)8-6-21)18-10-24(25-19(12-28)13-29-32(25)15-18)34-23-4-3-20(26)9-17(23)11-27/h3-4,9-10,13-15,21H,5-8H2,1-2H3. The summed E-state index contributed by atoms with van der Waals surface area (Å²) < 4.78 is 3.89. The highest BCUT2D eigenvalue weighted by atomic mass is 32.2. The summed E-state index contributed by atoms with van der Waals surface area (Å²) in [6.07, 6.45) is 7.60. The van der Waals surface area contributed by atoms with Crippen molar-refractivity contribution in [3.63, 3.8) is 0 Å². The second-order valence-corrected chi connectivity index (χ2v) is 9.73. The molecule has 0 unspecified atom stereocenters. The SMILES string of the molecule is [B]c1ccc(Sc2cc(-c3cnn(C4CCN(C)CC4)c3C)cn3ncc(C#N)c23)c(C#N)c1. The molecule has 4 aromatic rings. The van der Waals surface area contributed by atoms with Crippen LogP contribution in [0.15, 0.2) is 52.6 Å². The van der Waals surface area contributed by atoms with Gasteiger partial charge in [0.25, 0.3) is 0 Å². The lowest BCUT2D eigenvalue weighted by molar-refractivity contribution is 0.210. The Morgan fingerprint density at radius 2 is 1.79 bits per heavy atom. The van der Waals surface area contributed by atoms with E-state index in [2.05, 4.69) is 46.9 Å². The minimum atomic E-state index is 0.394. The predicted molar refractivity (Wildman–Crippen MR) is 132 cm³/mol. The van der Waals surface area contributed by atoms with Gasteiger partial charge in [0.2, 0.25) is 0 Å². The third-order valence-corrected chi connectivity index (χ3v) is 7.54. The molecule has 2 radical (unpaired) electrons. The number of fused-ring (bicyclic) bond motifs is 1. The molecule has 0 saturated carbocycles. The number of hydrogen-bond donors (Lipinski definition) is 0. The van der Waals surface area contributed by atoms with Crippen LogP contribution in [0.5, 0.6) is 0 Å². The van der Waals surface area contributed by atoms with Crippen molar-refractivity contribution < 1.29 is 0 Å². The molecule has 5 rings (SSSR count). The van der Waals surface area contributed by atoms with Gasteiger partial charge in [0.15, 0.2) is 0 Å². The highest BCUT2D eigenvalue weighted by Gasteiger charge is 2.23.